The smallest absolute Gasteiger partial charge is 0.227 e. The van der Waals surface area contributed by atoms with Crippen LogP contribution in [0, 0.1) is 0 Å². The molecule has 4 rings (SSSR count). The third-order valence-corrected chi connectivity index (χ3v) is 5.23. The molecule has 0 aliphatic rings. The molecule has 1 aromatic carbocycles. The van der Waals surface area contributed by atoms with Crippen molar-refractivity contribution in [1.82, 2.24) is 24.5 Å². The van der Waals surface area contributed by atoms with Gasteiger partial charge in [0.2, 0.25) is 5.95 Å². The van der Waals surface area contributed by atoms with E-state index in [1.165, 1.54) is 0 Å². The molecule has 0 aliphatic heterocycles. The minimum atomic E-state index is 0.448. The van der Waals surface area contributed by atoms with E-state index in [2.05, 4.69) is 39.3 Å². The van der Waals surface area contributed by atoms with Gasteiger partial charge in [-0.15, -0.1) is 0 Å². The van der Waals surface area contributed by atoms with E-state index in [9.17, 15) is 0 Å². The molecular weight excluding hydrogens is 404 g/mol. The van der Waals surface area contributed by atoms with E-state index in [1.807, 2.05) is 49.6 Å². The first kappa shape index (κ1) is 21.4. The Morgan fingerprint density at radius 3 is 2.69 bits per heavy atom. The SMILES string of the molecule is COc1cnc(Nc2ccc(N(C)CCN(C)C)c(N)c2)nc1-c1cnn2ccccc12. The summed E-state index contributed by atoms with van der Waals surface area (Å²) in [6.45, 7) is 1.83. The molecule has 0 spiro atoms. The van der Waals surface area contributed by atoms with Crippen LogP contribution in [0.3, 0.4) is 0 Å². The number of likely N-dealkylation sites (N-methyl/N-ethyl adjacent to an activating group) is 2. The molecule has 0 aliphatic carbocycles. The molecule has 0 amide bonds. The van der Waals surface area contributed by atoms with Gasteiger partial charge in [-0.3, -0.25) is 0 Å². The van der Waals surface area contributed by atoms with Crippen LogP contribution in [0.25, 0.3) is 16.8 Å². The number of methoxy groups -OCH3 is 1. The molecule has 0 fully saturated rings. The van der Waals surface area contributed by atoms with Gasteiger partial charge in [-0.1, -0.05) is 6.07 Å². The summed E-state index contributed by atoms with van der Waals surface area (Å²) < 4.78 is 7.31. The van der Waals surface area contributed by atoms with Gasteiger partial charge in [0.25, 0.3) is 0 Å². The second kappa shape index (κ2) is 9.11. The average molecular weight is 433 g/mol. The molecule has 0 atom stereocenters. The minimum absolute atomic E-state index is 0.448. The number of nitrogens with two attached hydrogens (primary N) is 1. The van der Waals surface area contributed by atoms with Crippen molar-refractivity contribution in [2.75, 3.05) is 57.3 Å². The number of nitrogens with one attached hydrogen (secondary N) is 1. The van der Waals surface area contributed by atoms with E-state index in [0.29, 0.717) is 23.1 Å². The van der Waals surface area contributed by atoms with Crippen LogP contribution >= 0.6 is 0 Å². The lowest BCUT2D eigenvalue weighted by Gasteiger charge is -2.23. The van der Waals surface area contributed by atoms with Crippen LogP contribution in [-0.2, 0) is 0 Å². The number of nitrogen functional groups attached to an aromatic ring is 1. The average Bonchev–Trinajstić information content (AvgIpc) is 3.21. The minimum Gasteiger partial charge on any atom is -0.493 e. The number of nitrogens with zero attached hydrogens (tertiary/aromatic N) is 6. The first-order valence-corrected chi connectivity index (χ1v) is 10.3. The summed E-state index contributed by atoms with van der Waals surface area (Å²) in [5.41, 5.74) is 11.3. The predicted molar refractivity (Wildman–Crippen MR) is 129 cm³/mol. The van der Waals surface area contributed by atoms with Gasteiger partial charge < -0.3 is 25.6 Å². The molecule has 9 nitrogen and oxygen atoms in total. The molecule has 0 saturated heterocycles. The van der Waals surface area contributed by atoms with E-state index >= 15 is 0 Å². The van der Waals surface area contributed by atoms with E-state index in [0.717, 1.165) is 35.5 Å². The Bertz CT molecular complexity index is 1220. The Kier molecular flexibility index (Phi) is 6.09. The number of anilines is 4. The van der Waals surface area contributed by atoms with Crippen LogP contribution in [0.4, 0.5) is 23.0 Å². The number of hydrogen-bond donors (Lipinski definition) is 2. The van der Waals surface area contributed by atoms with Gasteiger partial charge in [0.1, 0.15) is 5.69 Å². The van der Waals surface area contributed by atoms with Crippen LogP contribution in [-0.4, -0.2) is 65.8 Å². The second-order valence-corrected chi connectivity index (χ2v) is 7.82. The highest BCUT2D eigenvalue weighted by atomic mass is 16.5. The third kappa shape index (κ3) is 4.42. The molecule has 166 valence electrons. The lowest BCUT2D eigenvalue weighted by molar-refractivity contribution is 0.413. The summed E-state index contributed by atoms with van der Waals surface area (Å²) in [7, 11) is 7.76. The Labute approximate surface area is 187 Å². The van der Waals surface area contributed by atoms with E-state index in [-0.39, 0.29) is 0 Å². The molecule has 0 unspecified atom stereocenters. The molecule has 0 saturated carbocycles. The third-order valence-electron chi connectivity index (χ3n) is 5.23. The van der Waals surface area contributed by atoms with Gasteiger partial charge in [-0.25, -0.2) is 14.5 Å². The van der Waals surface area contributed by atoms with Crippen LogP contribution in [0.15, 0.2) is 55.0 Å². The van der Waals surface area contributed by atoms with Gasteiger partial charge >= 0.3 is 0 Å². The lowest BCUT2D eigenvalue weighted by Crippen LogP contribution is -2.28. The molecule has 3 aromatic heterocycles. The monoisotopic (exact) mass is 432 g/mol. The standard InChI is InChI=1S/C23H28N8O/c1-29(2)11-12-30(3)20-9-8-16(13-18(20)24)27-23-25-15-21(32-4)22(28-23)17-14-26-31-10-6-5-7-19(17)31/h5-10,13-15H,11-12,24H2,1-4H3,(H,25,27,28). The second-order valence-electron chi connectivity index (χ2n) is 7.82. The number of fused-ring (bicyclic) bond motifs is 1. The molecule has 32 heavy (non-hydrogen) atoms. The summed E-state index contributed by atoms with van der Waals surface area (Å²) in [4.78, 5) is 13.4. The fourth-order valence-electron chi connectivity index (χ4n) is 3.47. The van der Waals surface area contributed by atoms with E-state index in [4.69, 9.17) is 15.5 Å². The van der Waals surface area contributed by atoms with Crippen LogP contribution in [0.5, 0.6) is 5.75 Å². The van der Waals surface area contributed by atoms with Crippen LogP contribution in [0.2, 0.25) is 0 Å². The highest BCUT2D eigenvalue weighted by Crippen LogP contribution is 2.32. The highest BCUT2D eigenvalue weighted by molar-refractivity contribution is 5.81. The highest BCUT2D eigenvalue weighted by Gasteiger charge is 2.15. The molecule has 4 aromatic rings. The maximum absolute atomic E-state index is 6.33. The molecule has 3 heterocycles. The van der Waals surface area contributed by atoms with Gasteiger partial charge in [0.15, 0.2) is 5.75 Å². The number of hydrogen-bond acceptors (Lipinski definition) is 8. The van der Waals surface area contributed by atoms with Crippen LogP contribution in [0.1, 0.15) is 0 Å². The number of ether oxygens (including phenoxy) is 1. The van der Waals surface area contributed by atoms with Crippen molar-refractivity contribution in [3.63, 3.8) is 0 Å². The molecule has 0 radical (unpaired) electrons. The van der Waals surface area contributed by atoms with Crippen molar-refractivity contribution in [3.05, 3.63) is 55.0 Å². The molecule has 3 N–H and O–H groups in total. The maximum Gasteiger partial charge on any atom is 0.227 e. The van der Waals surface area contributed by atoms with Crippen molar-refractivity contribution >= 4 is 28.5 Å². The molecular formula is C23H28N8O. The topological polar surface area (TPSA) is 96.8 Å². The van der Waals surface area contributed by atoms with Crippen molar-refractivity contribution in [3.8, 4) is 17.0 Å². The summed E-state index contributed by atoms with van der Waals surface area (Å²) in [5, 5.41) is 7.65. The van der Waals surface area contributed by atoms with Crippen LogP contribution < -0.4 is 20.7 Å². The van der Waals surface area contributed by atoms with Gasteiger partial charge in [-0.05, 0) is 44.4 Å². The van der Waals surface area contributed by atoms with Gasteiger partial charge in [-0.2, -0.15) is 5.10 Å². The number of benzene rings is 1. The largest absolute Gasteiger partial charge is 0.493 e. The Hall–Kier alpha value is -3.85. The van der Waals surface area contributed by atoms with Gasteiger partial charge in [0, 0.05) is 32.0 Å². The molecule has 0 bridgehead atoms. The van der Waals surface area contributed by atoms with Crippen molar-refractivity contribution < 1.29 is 4.74 Å². The molecule has 9 heteroatoms. The van der Waals surface area contributed by atoms with E-state index in [1.54, 1.807) is 24.0 Å². The number of rotatable bonds is 8. The quantitative estimate of drug-likeness (QED) is 0.410. The fraction of sp³-hybridized carbons (Fsp3) is 0.261. The fourth-order valence-corrected chi connectivity index (χ4v) is 3.47. The Balaban J connectivity index is 1.60. The van der Waals surface area contributed by atoms with Gasteiger partial charge in [0.05, 0.1) is 42.0 Å². The zero-order chi connectivity index (χ0) is 22.7. The summed E-state index contributed by atoms with van der Waals surface area (Å²) >= 11 is 0. The normalized spacial score (nSPS) is 11.2. The Morgan fingerprint density at radius 1 is 1.09 bits per heavy atom. The Morgan fingerprint density at radius 2 is 1.94 bits per heavy atom. The zero-order valence-corrected chi connectivity index (χ0v) is 18.8. The lowest BCUT2D eigenvalue weighted by atomic mass is 10.2. The summed E-state index contributed by atoms with van der Waals surface area (Å²) in [6.07, 6.45) is 5.33. The van der Waals surface area contributed by atoms with Crippen molar-refractivity contribution in [2.45, 2.75) is 0 Å². The first-order chi connectivity index (χ1) is 15.5. The predicted octanol–water partition coefficient (Wildman–Crippen LogP) is 3.12. The van der Waals surface area contributed by atoms with Crippen molar-refractivity contribution in [1.29, 1.82) is 0 Å². The van der Waals surface area contributed by atoms with Crippen molar-refractivity contribution in [2.24, 2.45) is 0 Å². The summed E-state index contributed by atoms with van der Waals surface area (Å²) in [5.74, 6) is 1.02. The first-order valence-electron chi connectivity index (χ1n) is 10.3. The van der Waals surface area contributed by atoms with E-state index < -0.39 is 0 Å². The zero-order valence-electron chi connectivity index (χ0n) is 18.8. The maximum atomic E-state index is 6.33. The number of aromatic nitrogens is 4. The summed E-state index contributed by atoms with van der Waals surface area (Å²) in [6, 6.07) is 11.8. The number of pyridine rings is 1.